The maximum absolute atomic E-state index is 6.40. The van der Waals surface area contributed by atoms with E-state index in [2.05, 4.69) is 11.9 Å². The summed E-state index contributed by atoms with van der Waals surface area (Å²) in [6, 6.07) is 0. The van der Waals surface area contributed by atoms with Crippen LogP contribution in [0.3, 0.4) is 0 Å². The van der Waals surface area contributed by atoms with Gasteiger partial charge in [0.1, 0.15) is 7.05 Å². The lowest BCUT2D eigenvalue weighted by Gasteiger charge is -2.51. The Balaban J connectivity index is 1.95. The van der Waals surface area contributed by atoms with Crippen molar-refractivity contribution in [3.63, 3.8) is 0 Å². The van der Waals surface area contributed by atoms with Crippen molar-refractivity contribution in [3.05, 3.63) is 0 Å². The molecule has 3 saturated carbocycles. The Morgan fingerprint density at radius 2 is 1.65 bits per heavy atom. The van der Waals surface area contributed by atoms with Crippen LogP contribution in [0.2, 0.25) is 0 Å². The van der Waals surface area contributed by atoms with Gasteiger partial charge in [0.2, 0.25) is 5.17 Å². The van der Waals surface area contributed by atoms with Crippen molar-refractivity contribution in [2.24, 2.45) is 10.8 Å². The molecule has 0 aliphatic heterocycles. The lowest BCUT2D eigenvalue weighted by molar-refractivity contribution is -0.423. The summed E-state index contributed by atoms with van der Waals surface area (Å²) in [6.07, 6.45) is 13.9. The molecule has 2 bridgehead atoms. The van der Waals surface area contributed by atoms with E-state index in [4.69, 9.17) is 11.6 Å². The van der Waals surface area contributed by atoms with Crippen molar-refractivity contribution in [1.29, 1.82) is 0 Å². The van der Waals surface area contributed by atoms with Gasteiger partial charge in [-0.1, -0.05) is 26.2 Å². The van der Waals surface area contributed by atoms with Crippen LogP contribution >= 0.6 is 11.6 Å². The first kappa shape index (κ1) is 13.4. The van der Waals surface area contributed by atoms with Crippen molar-refractivity contribution < 1.29 is 4.99 Å². The number of fused-ring (bicyclic) bond motifs is 3. The van der Waals surface area contributed by atoms with Crippen molar-refractivity contribution in [2.75, 3.05) is 7.05 Å². The summed E-state index contributed by atoms with van der Waals surface area (Å²) < 4.78 is 0. The molecule has 1 N–H and O–H groups in total. The maximum Gasteiger partial charge on any atom is 0.249 e. The molecule has 0 saturated heterocycles. The van der Waals surface area contributed by atoms with Crippen LogP contribution < -0.4 is 4.99 Å². The molecule has 3 aliphatic carbocycles. The predicted molar refractivity (Wildman–Crippen MR) is 74.5 cm³/mol. The van der Waals surface area contributed by atoms with E-state index >= 15 is 0 Å². The minimum absolute atomic E-state index is 0.336. The molecule has 3 fully saturated rings. The molecule has 0 unspecified atom stereocenters. The van der Waals surface area contributed by atoms with Crippen LogP contribution in [-0.4, -0.2) is 12.2 Å². The molecular formula is C15H27ClN+. The Morgan fingerprint density at radius 1 is 1.06 bits per heavy atom. The summed E-state index contributed by atoms with van der Waals surface area (Å²) in [5.41, 5.74) is 1.03. The van der Waals surface area contributed by atoms with Gasteiger partial charge in [-0.2, -0.15) is 0 Å². The molecular weight excluding hydrogens is 230 g/mol. The number of hydrogen-bond acceptors (Lipinski definition) is 0. The Bertz CT molecular complexity index is 271. The van der Waals surface area contributed by atoms with Gasteiger partial charge >= 0.3 is 0 Å². The van der Waals surface area contributed by atoms with Gasteiger partial charge in [0.25, 0.3) is 0 Å². The second-order valence-corrected chi connectivity index (χ2v) is 6.68. The number of nitrogens with one attached hydrogen (secondary N) is 1. The first-order valence-electron chi connectivity index (χ1n) is 7.37. The first-order valence-corrected chi connectivity index (χ1v) is 7.75. The van der Waals surface area contributed by atoms with Gasteiger partial charge in [0, 0.05) is 0 Å². The molecule has 0 aromatic heterocycles. The largest absolute Gasteiger partial charge is 0.249 e. The Labute approximate surface area is 111 Å². The van der Waals surface area contributed by atoms with Crippen LogP contribution in [0.1, 0.15) is 71.1 Å². The van der Waals surface area contributed by atoms with E-state index < -0.39 is 0 Å². The third-order valence-corrected chi connectivity index (χ3v) is 5.99. The van der Waals surface area contributed by atoms with Crippen molar-refractivity contribution in [2.45, 2.75) is 71.1 Å². The maximum atomic E-state index is 6.40. The zero-order chi connectivity index (χ0) is 12.4. The van der Waals surface area contributed by atoms with E-state index in [1.807, 2.05) is 7.05 Å². The highest BCUT2D eigenvalue weighted by atomic mass is 35.5. The average molecular weight is 257 g/mol. The predicted octanol–water partition coefficient (Wildman–Crippen LogP) is 3.26. The van der Waals surface area contributed by atoms with E-state index in [1.54, 1.807) is 0 Å². The van der Waals surface area contributed by atoms with E-state index in [1.165, 1.54) is 64.2 Å². The van der Waals surface area contributed by atoms with Crippen LogP contribution in [0.25, 0.3) is 0 Å². The van der Waals surface area contributed by atoms with Gasteiger partial charge in [-0.15, -0.1) is 0 Å². The zero-order valence-electron chi connectivity index (χ0n) is 11.4. The molecule has 98 valence electrons. The molecule has 0 atom stereocenters. The Hall–Kier alpha value is -0.0400. The van der Waals surface area contributed by atoms with Crippen LogP contribution in [0.4, 0.5) is 0 Å². The number of unbranched alkanes of at least 4 members (excludes halogenated alkanes) is 2. The molecule has 0 radical (unpaired) electrons. The molecule has 0 heterocycles. The lowest BCUT2D eigenvalue weighted by atomic mass is 9.53. The van der Waals surface area contributed by atoms with Crippen molar-refractivity contribution >= 4 is 16.8 Å². The number of rotatable bonds is 5. The summed E-state index contributed by atoms with van der Waals surface area (Å²) in [5.74, 6) is 0. The smallest absolute Gasteiger partial charge is 0.238 e. The molecule has 2 heteroatoms. The quantitative estimate of drug-likeness (QED) is 0.573. The van der Waals surface area contributed by atoms with E-state index in [9.17, 15) is 0 Å². The van der Waals surface area contributed by atoms with Gasteiger partial charge in [-0.3, -0.25) is 0 Å². The van der Waals surface area contributed by atoms with Gasteiger partial charge in [0.05, 0.1) is 5.41 Å². The third kappa shape index (κ3) is 2.54. The summed E-state index contributed by atoms with van der Waals surface area (Å²) in [4.78, 5) is 3.20. The second kappa shape index (κ2) is 5.30. The molecule has 0 amide bonds. The minimum Gasteiger partial charge on any atom is -0.238 e. The van der Waals surface area contributed by atoms with Crippen LogP contribution in [-0.2, 0) is 0 Å². The topological polar surface area (TPSA) is 14.0 Å². The summed E-state index contributed by atoms with van der Waals surface area (Å²) >= 11 is 6.40. The van der Waals surface area contributed by atoms with E-state index in [0.717, 1.165) is 5.17 Å². The summed E-state index contributed by atoms with van der Waals surface area (Å²) in [5, 5.41) is 1.03. The van der Waals surface area contributed by atoms with Crippen LogP contribution in [0.15, 0.2) is 0 Å². The third-order valence-electron chi connectivity index (χ3n) is 5.40. The fourth-order valence-corrected chi connectivity index (χ4v) is 4.27. The first-order chi connectivity index (χ1) is 8.16. The molecule has 1 nitrogen and oxygen atoms in total. The van der Waals surface area contributed by atoms with Gasteiger partial charge in [0.15, 0.2) is 0 Å². The molecule has 17 heavy (non-hydrogen) atoms. The molecule has 0 spiro atoms. The fourth-order valence-electron chi connectivity index (χ4n) is 3.98. The normalized spacial score (nSPS) is 37.5. The molecule has 0 aromatic rings. The standard InChI is InChI=1S/C15H26ClN/c1-3-4-5-6-14-7-10-15(11-8-14,12-9-14)13(16)17-2/h3-12H2,1-2H3/p+1. The highest BCUT2D eigenvalue weighted by Gasteiger charge is 2.52. The van der Waals surface area contributed by atoms with Crippen molar-refractivity contribution in [3.8, 4) is 0 Å². The lowest BCUT2D eigenvalue weighted by Crippen LogP contribution is -2.71. The van der Waals surface area contributed by atoms with Gasteiger partial charge in [-0.05, 0) is 62.0 Å². The van der Waals surface area contributed by atoms with Gasteiger partial charge < -0.3 is 0 Å². The zero-order valence-corrected chi connectivity index (χ0v) is 12.2. The fraction of sp³-hybridized carbons (Fsp3) is 0.933. The average Bonchev–Trinajstić information content (AvgIpc) is 2.40. The van der Waals surface area contributed by atoms with Crippen LogP contribution in [0, 0.1) is 10.8 Å². The van der Waals surface area contributed by atoms with E-state index in [0.29, 0.717) is 10.8 Å². The van der Waals surface area contributed by atoms with Crippen molar-refractivity contribution in [1.82, 2.24) is 0 Å². The Kier molecular flexibility index (Phi) is 4.18. The monoisotopic (exact) mass is 256 g/mol. The summed E-state index contributed by atoms with van der Waals surface area (Å²) in [6.45, 7) is 2.30. The SMILES string of the molecule is CCCCCC12CCC(C(Cl)=[NH+]C)(CC1)CC2. The summed E-state index contributed by atoms with van der Waals surface area (Å²) in [7, 11) is 1.97. The van der Waals surface area contributed by atoms with Crippen LogP contribution in [0.5, 0.6) is 0 Å². The highest BCUT2D eigenvalue weighted by molar-refractivity contribution is 6.64. The van der Waals surface area contributed by atoms with Gasteiger partial charge in [-0.25, -0.2) is 4.99 Å². The molecule has 0 aromatic carbocycles. The highest BCUT2D eigenvalue weighted by Crippen LogP contribution is 2.59. The molecule has 3 rings (SSSR count). The van der Waals surface area contributed by atoms with E-state index in [-0.39, 0.29) is 0 Å². The Morgan fingerprint density at radius 3 is 2.12 bits per heavy atom. The number of halogens is 1. The number of hydrogen-bond donors (Lipinski definition) is 1. The minimum atomic E-state index is 0.336. The molecule has 3 aliphatic rings. The second-order valence-electron chi connectivity index (χ2n) is 6.30.